The van der Waals surface area contributed by atoms with Gasteiger partial charge in [0.05, 0.1) is 11.1 Å². The molecule has 1 aliphatic heterocycles. The average molecular weight is 328 g/mol. The molecular formula is C18H20N2O2S. The fourth-order valence-electron chi connectivity index (χ4n) is 3.82. The molecule has 0 N–H and O–H groups in total. The molecule has 0 unspecified atom stereocenters. The summed E-state index contributed by atoms with van der Waals surface area (Å²) in [5, 5.41) is 0. The zero-order chi connectivity index (χ0) is 15.8. The Morgan fingerprint density at radius 2 is 2.22 bits per heavy atom. The molecule has 1 saturated heterocycles. The van der Waals surface area contributed by atoms with E-state index in [-0.39, 0.29) is 12.0 Å². The van der Waals surface area contributed by atoms with Crippen molar-refractivity contribution in [3.8, 4) is 5.75 Å². The number of carbonyl (C=O) groups is 1. The van der Waals surface area contributed by atoms with E-state index in [0.717, 1.165) is 36.6 Å². The molecule has 2 aliphatic rings. The van der Waals surface area contributed by atoms with Gasteiger partial charge in [0, 0.05) is 30.1 Å². The fraction of sp³-hybridized carbons (Fsp3) is 0.444. The molecule has 2 aromatic heterocycles. The van der Waals surface area contributed by atoms with Crippen LogP contribution in [0.25, 0.3) is 0 Å². The molecule has 23 heavy (non-hydrogen) atoms. The molecule has 1 amide bonds. The van der Waals surface area contributed by atoms with E-state index < -0.39 is 0 Å². The van der Waals surface area contributed by atoms with E-state index in [9.17, 15) is 4.79 Å². The number of aryl methyl sites for hydroxylation is 1. The Balaban J connectivity index is 1.44. The van der Waals surface area contributed by atoms with Gasteiger partial charge >= 0.3 is 0 Å². The molecule has 2 fully saturated rings. The van der Waals surface area contributed by atoms with Crippen molar-refractivity contribution < 1.29 is 9.53 Å². The number of fused-ring (bicyclic) bond motifs is 1. The summed E-state index contributed by atoms with van der Waals surface area (Å²) in [4.78, 5) is 20.8. The SMILES string of the molecule is Cc1ccc(C(=O)N2C[C@H]3CC[C@@H](Oc4cccnc4)[C@H]3C2)s1. The van der Waals surface area contributed by atoms with Crippen LogP contribution in [0.4, 0.5) is 0 Å². The monoisotopic (exact) mass is 328 g/mol. The first-order chi connectivity index (χ1) is 11.2. The first-order valence-corrected chi connectivity index (χ1v) is 8.95. The van der Waals surface area contributed by atoms with Crippen LogP contribution in [0.15, 0.2) is 36.7 Å². The van der Waals surface area contributed by atoms with Crippen LogP contribution in [-0.4, -0.2) is 35.0 Å². The van der Waals surface area contributed by atoms with Gasteiger partial charge in [-0.3, -0.25) is 9.78 Å². The number of aromatic nitrogens is 1. The van der Waals surface area contributed by atoms with Gasteiger partial charge in [0.15, 0.2) is 0 Å². The van der Waals surface area contributed by atoms with Gasteiger partial charge < -0.3 is 9.64 Å². The van der Waals surface area contributed by atoms with E-state index in [1.165, 1.54) is 4.88 Å². The number of rotatable bonds is 3. The van der Waals surface area contributed by atoms with Crippen molar-refractivity contribution in [1.82, 2.24) is 9.88 Å². The van der Waals surface area contributed by atoms with E-state index >= 15 is 0 Å². The van der Waals surface area contributed by atoms with Crippen molar-refractivity contribution >= 4 is 17.2 Å². The first-order valence-electron chi connectivity index (χ1n) is 8.13. The third kappa shape index (κ3) is 2.85. The molecule has 1 saturated carbocycles. The van der Waals surface area contributed by atoms with Gasteiger partial charge in [0.2, 0.25) is 0 Å². The zero-order valence-electron chi connectivity index (χ0n) is 13.1. The molecule has 3 heterocycles. The number of nitrogens with zero attached hydrogens (tertiary/aromatic N) is 2. The van der Waals surface area contributed by atoms with Crippen LogP contribution in [0, 0.1) is 18.8 Å². The van der Waals surface area contributed by atoms with Crippen LogP contribution in [0.1, 0.15) is 27.4 Å². The molecule has 0 spiro atoms. The van der Waals surface area contributed by atoms with Crippen LogP contribution >= 0.6 is 11.3 Å². The van der Waals surface area contributed by atoms with Crippen LogP contribution in [0.5, 0.6) is 5.75 Å². The molecule has 0 bridgehead atoms. The number of ether oxygens (including phenoxy) is 1. The summed E-state index contributed by atoms with van der Waals surface area (Å²) in [6.45, 7) is 3.72. The molecule has 0 aromatic carbocycles. The summed E-state index contributed by atoms with van der Waals surface area (Å²) in [5.41, 5.74) is 0. The zero-order valence-corrected chi connectivity index (χ0v) is 14.0. The van der Waals surface area contributed by atoms with E-state index in [1.54, 1.807) is 23.7 Å². The number of amides is 1. The molecule has 4 nitrogen and oxygen atoms in total. The lowest BCUT2D eigenvalue weighted by Gasteiger charge is -2.21. The minimum Gasteiger partial charge on any atom is -0.488 e. The number of thiophene rings is 1. The molecule has 3 atom stereocenters. The Hall–Kier alpha value is -1.88. The lowest BCUT2D eigenvalue weighted by Crippen LogP contribution is -2.32. The van der Waals surface area contributed by atoms with Crippen molar-refractivity contribution in [2.45, 2.75) is 25.9 Å². The summed E-state index contributed by atoms with van der Waals surface area (Å²) in [6.07, 6.45) is 5.93. The predicted octanol–water partition coefficient (Wildman–Crippen LogP) is 3.38. The highest BCUT2D eigenvalue weighted by Gasteiger charge is 2.45. The first kappa shape index (κ1) is 14.7. The van der Waals surface area contributed by atoms with Gasteiger partial charge in [-0.25, -0.2) is 0 Å². The lowest BCUT2D eigenvalue weighted by molar-refractivity contribution is 0.0767. The van der Waals surface area contributed by atoms with Gasteiger partial charge in [0.1, 0.15) is 11.9 Å². The number of hydrogen-bond donors (Lipinski definition) is 0. The summed E-state index contributed by atoms with van der Waals surface area (Å²) in [5.74, 6) is 2.02. The van der Waals surface area contributed by atoms with Gasteiger partial charge in [-0.1, -0.05) is 0 Å². The molecule has 120 valence electrons. The smallest absolute Gasteiger partial charge is 0.263 e. The van der Waals surface area contributed by atoms with Gasteiger partial charge in [0.25, 0.3) is 5.91 Å². The van der Waals surface area contributed by atoms with E-state index in [2.05, 4.69) is 4.98 Å². The number of hydrogen-bond acceptors (Lipinski definition) is 4. The average Bonchev–Trinajstić information content (AvgIpc) is 3.25. The standard InChI is InChI=1S/C18H20N2O2S/c1-12-4-7-17(23-12)18(21)20-10-13-5-6-16(15(13)11-20)22-14-3-2-8-19-9-14/h2-4,7-9,13,15-16H,5-6,10-11H2,1H3/t13-,15+,16-/m1/s1. The van der Waals surface area contributed by atoms with Crippen molar-refractivity contribution in [1.29, 1.82) is 0 Å². The highest BCUT2D eigenvalue weighted by Crippen LogP contribution is 2.40. The van der Waals surface area contributed by atoms with Crippen molar-refractivity contribution in [2.75, 3.05) is 13.1 Å². The minimum absolute atomic E-state index is 0.178. The number of likely N-dealkylation sites (tertiary alicyclic amines) is 1. The highest BCUT2D eigenvalue weighted by atomic mass is 32.1. The molecule has 4 rings (SSSR count). The molecule has 1 aliphatic carbocycles. The molecule has 2 aromatic rings. The molecule has 5 heteroatoms. The van der Waals surface area contributed by atoms with Gasteiger partial charge in [-0.2, -0.15) is 0 Å². The minimum atomic E-state index is 0.178. The second-order valence-corrected chi connectivity index (χ2v) is 7.75. The van der Waals surface area contributed by atoms with E-state index in [4.69, 9.17) is 4.74 Å². The Morgan fingerprint density at radius 3 is 2.96 bits per heavy atom. The summed E-state index contributed by atoms with van der Waals surface area (Å²) < 4.78 is 6.13. The van der Waals surface area contributed by atoms with Gasteiger partial charge in [-0.15, -0.1) is 11.3 Å². The maximum atomic E-state index is 12.6. The van der Waals surface area contributed by atoms with Crippen LogP contribution in [-0.2, 0) is 0 Å². The second kappa shape index (κ2) is 5.96. The van der Waals surface area contributed by atoms with Crippen LogP contribution in [0.2, 0.25) is 0 Å². The lowest BCUT2D eigenvalue weighted by atomic mass is 9.99. The quantitative estimate of drug-likeness (QED) is 0.867. The second-order valence-electron chi connectivity index (χ2n) is 6.47. The third-order valence-corrected chi connectivity index (χ3v) is 5.94. The third-order valence-electron chi connectivity index (χ3n) is 4.95. The Labute approximate surface area is 140 Å². The predicted molar refractivity (Wildman–Crippen MR) is 89.8 cm³/mol. The summed E-state index contributed by atoms with van der Waals surface area (Å²) >= 11 is 1.58. The number of pyridine rings is 1. The van der Waals surface area contributed by atoms with Crippen LogP contribution < -0.4 is 4.74 Å². The fourth-order valence-corrected chi connectivity index (χ4v) is 4.66. The largest absolute Gasteiger partial charge is 0.488 e. The van der Waals surface area contributed by atoms with E-state index in [0.29, 0.717) is 11.8 Å². The van der Waals surface area contributed by atoms with Crippen molar-refractivity contribution in [2.24, 2.45) is 11.8 Å². The summed E-state index contributed by atoms with van der Waals surface area (Å²) in [6, 6.07) is 7.81. The topological polar surface area (TPSA) is 42.4 Å². The van der Waals surface area contributed by atoms with Crippen molar-refractivity contribution in [3.63, 3.8) is 0 Å². The Morgan fingerprint density at radius 1 is 1.30 bits per heavy atom. The maximum absolute atomic E-state index is 12.6. The van der Waals surface area contributed by atoms with Crippen LogP contribution in [0.3, 0.4) is 0 Å². The molecule has 0 radical (unpaired) electrons. The highest BCUT2D eigenvalue weighted by molar-refractivity contribution is 7.13. The maximum Gasteiger partial charge on any atom is 0.263 e. The molecular weight excluding hydrogens is 308 g/mol. The van der Waals surface area contributed by atoms with E-state index in [1.807, 2.05) is 36.1 Å². The normalized spacial score (nSPS) is 26.3. The Bertz CT molecular complexity index is 700. The Kier molecular flexibility index (Phi) is 3.81. The number of carbonyl (C=O) groups excluding carboxylic acids is 1. The summed E-state index contributed by atoms with van der Waals surface area (Å²) in [7, 11) is 0. The van der Waals surface area contributed by atoms with Gasteiger partial charge in [-0.05, 0) is 49.9 Å². The van der Waals surface area contributed by atoms with Crippen molar-refractivity contribution in [3.05, 3.63) is 46.4 Å².